The molecular formula is C16H16ClN7OS. The van der Waals surface area contributed by atoms with Crippen LogP contribution in [0.1, 0.15) is 21.1 Å². The zero-order valence-electron chi connectivity index (χ0n) is 14.5. The number of thiophene rings is 1. The number of fused-ring (bicyclic) bond motifs is 3. The summed E-state index contributed by atoms with van der Waals surface area (Å²) in [5.41, 5.74) is 1.61. The van der Waals surface area contributed by atoms with Gasteiger partial charge in [-0.15, -0.1) is 16.4 Å². The van der Waals surface area contributed by atoms with E-state index in [9.17, 15) is 4.79 Å². The summed E-state index contributed by atoms with van der Waals surface area (Å²) in [4.78, 5) is 24.5. The average Bonchev–Trinajstić information content (AvgIpc) is 3.28. The Morgan fingerprint density at radius 2 is 2.19 bits per heavy atom. The van der Waals surface area contributed by atoms with Crippen LogP contribution >= 0.6 is 22.9 Å². The molecule has 134 valence electrons. The normalized spacial score (nSPS) is 11.5. The standard InChI is InChI=1S/C16H16ClN7OS/c1-9-12-14-20-11(4-5-23-7-10(17)6-19-23)21-24(14)8-18-15(12)26-13(9)16(25)22(2)3/h6-8H,4-5H2,1-3H3. The van der Waals surface area contributed by atoms with Crippen LogP contribution in [0.25, 0.3) is 15.9 Å². The van der Waals surface area contributed by atoms with Crippen molar-refractivity contribution in [2.75, 3.05) is 14.1 Å². The fourth-order valence-electron chi connectivity index (χ4n) is 2.77. The van der Waals surface area contributed by atoms with E-state index in [0.29, 0.717) is 28.7 Å². The van der Waals surface area contributed by atoms with Crippen LogP contribution in [0.4, 0.5) is 0 Å². The summed E-state index contributed by atoms with van der Waals surface area (Å²) in [7, 11) is 3.48. The number of carbonyl (C=O) groups is 1. The second-order valence-electron chi connectivity index (χ2n) is 6.15. The second-order valence-corrected chi connectivity index (χ2v) is 7.58. The van der Waals surface area contributed by atoms with Gasteiger partial charge in [-0.3, -0.25) is 9.48 Å². The Morgan fingerprint density at radius 1 is 1.38 bits per heavy atom. The number of rotatable bonds is 4. The molecule has 4 heterocycles. The third-order valence-corrected chi connectivity index (χ3v) is 5.46. The lowest BCUT2D eigenvalue weighted by molar-refractivity contribution is 0.0831. The SMILES string of the molecule is Cc1c(C(=O)N(C)C)sc2ncn3nc(CCn4cc(Cl)cn4)nc3c12. The van der Waals surface area contributed by atoms with Crippen molar-refractivity contribution in [1.29, 1.82) is 0 Å². The van der Waals surface area contributed by atoms with E-state index in [2.05, 4.69) is 20.2 Å². The fraction of sp³-hybridized carbons (Fsp3) is 0.312. The number of aromatic nitrogens is 6. The quantitative estimate of drug-likeness (QED) is 0.535. The molecule has 1 amide bonds. The molecule has 0 fully saturated rings. The summed E-state index contributed by atoms with van der Waals surface area (Å²) >= 11 is 7.27. The van der Waals surface area contributed by atoms with Crippen molar-refractivity contribution >= 4 is 44.7 Å². The van der Waals surface area contributed by atoms with E-state index < -0.39 is 0 Å². The molecule has 0 N–H and O–H groups in total. The Hall–Kier alpha value is -2.52. The molecule has 0 aliphatic heterocycles. The van der Waals surface area contributed by atoms with E-state index in [4.69, 9.17) is 11.6 Å². The van der Waals surface area contributed by atoms with Gasteiger partial charge < -0.3 is 4.90 Å². The average molecular weight is 390 g/mol. The number of hydrogen-bond donors (Lipinski definition) is 0. The summed E-state index contributed by atoms with van der Waals surface area (Å²) in [6.07, 6.45) is 5.62. The molecule has 4 aromatic rings. The van der Waals surface area contributed by atoms with Gasteiger partial charge in [0.2, 0.25) is 0 Å². The number of hydrogen-bond acceptors (Lipinski definition) is 6. The Labute approximate surface area is 158 Å². The van der Waals surface area contributed by atoms with Crippen LogP contribution in [0.3, 0.4) is 0 Å². The van der Waals surface area contributed by atoms with Gasteiger partial charge >= 0.3 is 0 Å². The molecule has 0 saturated heterocycles. The molecule has 0 spiro atoms. The summed E-state index contributed by atoms with van der Waals surface area (Å²) < 4.78 is 3.42. The lowest BCUT2D eigenvalue weighted by Crippen LogP contribution is -2.21. The molecule has 0 radical (unpaired) electrons. The van der Waals surface area contributed by atoms with Crippen LogP contribution in [0, 0.1) is 6.92 Å². The highest BCUT2D eigenvalue weighted by molar-refractivity contribution is 7.20. The number of amides is 1. The van der Waals surface area contributed by atoms with Crippen molar-refractivity contribution in [3.63, 3.8) is 0 Å². The molecule has 0 aliphatic carbocycles. The summed E-state index contributed by atoms with van der Waals surface area (Å²) in [6, 6.07) is 0. The van der Waals surface area contributed by atoms with Gasteiger partial charge in [0.25, 0.3) is 5.91 Å². The molecule has 4 rings (SSSR count). The summed E-state index contributed by atoms with van der Waals surface area (Å²) in [6.45, 7) is 2.56. The van der Waals surface area contributed by atoms with Gasteiger partial charge in [-0.05, 0) is 12.5 Å². The first-order valence-electron chi connectivity index (χ1n) is 7.97. The summed E-state index contributed by atoms with van der Waals surface area (Å²) in [5, 5.41) is 10.1. The van der Waals surface area contributed by atoms with Crippen LogP contribution in [0.15, 0.2) is 18.7 Å². The lowest BCUT2D eigenvalue weighted by atomic mass is 10.2. The van der Waals surface area contributed by atoms with Crippen molar-refractivity contribution in [1.82, 2.24) is 34.3 Å². The summed E-state index contributed by atoms with van der Waals surface area (Å²) in [5.74, 6) is 0.663. The number of aryl methyl sites for hydroxylation is 3. The van der Waals surface area contributed by atoms with Crippen molar-refractivity contribution in [3.8, 4) is 0 Å². The first-order valence-corrected chi connectivity index (χ1v) is 9.16. The van der Waals surface area contributed by atoms with Crippen molar-refractivity contribution in [3.05, 3.63) is 40.0 Å². The molecule has 10 heteroatoms. The van der Waals surface area contributed by atoms with E-state index in [-0.39, 0.29) is 5.91 Å². The highest BCUT2D eigenvalue weighted by atomic mass is 35.5. The van der Waals surface area contributed by atoms with Gasteiger partial charge in [-0.1, -0.05) is 11.6 Å². The van der Waals surface area contributed by atoms with Gasteiger partial charge in [0.05, 0.1) is 21.5 Å². The number of nitrogens with zero attached hydrogens (tertiary/aromatic N) is 7. The predicted octanol–water partition coefficient (Wildman–Crippen LogP) is 2.44. The highest BCUT2D eigenvalue weighted by Crippen LogP contribution is 2.32. The van der Waals surface area contributed by atoms with Crippen LogP contribution in [0.5, 0.6) is 0 Å². The van der Waals surface area contributed by atoms with Crippen molar-refractivity contribution in [2.45, 2.75) is 19.9 Å². The Balaban J connectivity index is 1.73. The van der Waals surface area contributed by atoms with Crippen LogP contribution < -0.4 is 0 Å². The molecule has 0 bridgehead atoms. The minimum absolute atomic E-state index is 0.0288. The van der Waals surface area contributed by atoms with Gasteiger partial charge in [0, 0.05) is 33.3 Å². The molecular weight excluding hydrogens is 374 g/mol. The number of halogens is 1. The molecule has 0 atom stereocenters. The van der Waals surface area contributed by atoms with Crippen LogP contribution in [-0.4, -0.2) is 54.3 Å². The lowest BCUT2D eigenvalue weighted by Gasteiger charge is -2.08. The van der Waals surface area contributed by atoms with Gasteiger partial charge in [-0.2, -0.15) is 5.10 Å². The van der Waals surface area contributed by atoms with Crippen LogP contribution in [0.2, 0.25) is 5.02 Å². The topological polar surface area (TPSA) is 81.2 Å². The van der Waals surface area contributed by atoms with E-state index in [0.717, 1.165) is 21.4 Å². The molecule has 0 aromatic carbocycles. The number of carbonyl (C=O) groups excluding carboxylic acids is 1. The molecule has 4 aromatic heterocycles. The van der Waals surface area contributed by atoms with Crippen molar-refractivity contribution in [2.24, 2.45) is 0 Å². The van der Waals surface area contributed by atoms with Gasteiger partial charge in [-0.25, -0.2) is 14.5 Å². The third kappa shape index (κ3) is 2.82. The van der Waals surface area contributed by atoms with E-state index >= 15 is 0 Å². The van der Waals surface area contributed by atoms with Crippen LogP contribution in [-0.2, 0) is 13.0 Å². The maximum Gasteiger partial charge on any atom is 0.263 e. The van der Waals surface area contributed by atoms with Gasteiger partial charge in [0.1, 0.15) is 11.2 Å². The molecule has 26 heavy (non-hydrogen) atoms. The Morgan fingerprint density at radius 3 is 2.88 bits per heavy atom. The van der Waals surface area contributed by atoms with Crippen molar-refractivity contribution < 1.29 is 4.79 Å². The molecule has 0 aliphatic rings. The first kappa shape index (κ1) is 16.9. The molecule has 8 nitrogen and oxygen atoms in total. The maximum absolute atomic E-state index is 12.4. The smallest absolute Gasteiger partial charge is 0.263 e. The minimum atomic E-state index is -0.0288. The third-order valence-electron chi connectivity index (χ3n) is 4.08. The minimum Gasteiger partial charge on any atom is -0.344 e. The predicted molar refractivity (Wildman–Crippen MR) is 99.9 cm³/mol. The second kappa shape index (κ2) is 6.33. The van der Waals surface area contributed by atoms with E-state index in [1.807, 2.05) is 6.92 Å². The van der Waals surface area contributed by atoms with E-state index in [1.165, 1.54) is 11.3 Å². The van der Waals surface area contributed by atoms with E-state index in [1.54, 1.807) is 46.9 Å². The largest absolute Gasteiger partial charge is 0.344 e. The highest BCUT2D eigenvalue weighted by Gasteiger charge is 2.21. The fourth-order valence-corrected chi connectivity index (χ4v) is 4.09. The zero-order valence-corrected chi connectivity index (χ0v) is 16.0. The zero-order chi connectivity index (χ0) is 18.4. The Bertz CT molecular complexity index is 1130. The Kier molecular flexibility index (Phi) is 4.12. The molecule has 0 saturated carbocycles. The monoisotopic (exact) mass is 389 g/mol. The van der Waals surface area contributed by atoms with Gasteiger partial charge in [0.15, 0.2) is 11.5 Å². The molecule has 0 unspecified atom stereocenters. The maximum atomic E-state index is 12.4. The first-order chi connectivity index (χ1) is 12.4.